The first kappa shape index (κ1) is 10.6. The maximum Gasteiger partial charge on any atom is 0.335 e. The smallest absolute Gasteiger partial charge is 0.335 e. The summed E-state index contributed by atoms with van der Waals surface area (Å²) in [4.78, 5) is 13.3. The molecule has 3 rings (SSSR count). The molecule has 0 spiro atoms. The lowest BCUT2D eigenvalue weighted by Crippen LogP contribution is -2.31. The molecule has 1 saturated carbocycles. The van der Waals surface area contributed by atoms with Gasteiger partial charge in [0.2, 0.25) is 0 Å². The second kappa shape index (κ2) is 4.06. The van der Waals surface area contributed by atoms with E-state index in [-0.39, 0.29) is 0 Å². The van der Waals surface area contributed by atoms with Crippen LogP contribution in [0.4, 0.5) is 5.69 Å². The van der Waals surface area contributed by atoms with Crippen molar-refractivity contribution in [3.05, 3.63) is 29.3 Å². The SMILES string of the molecule is O=C(O)c1ccc2c(c1)N(CC1CCC1)CC2. The Balaban J connectivity index is 1.83. The molecule has 0 aromatic heterocycles. The van der Waals surface area contributed by atoms with E-state index in [1.807, 2.05) is 12.1 Å². The first-order valence-corrected chi connectivity index (χ1v) is 6.35. The van der Waals surface area contributed by atoms with Gasteiger partial charge in [0, 0.05) is 18.8 Å². The number of aromatic carboxylic acids is 1. The molecule has 0 bridgehead atoms. The molecule has 1 aliphatic heterocycles. The molecule has 1 N–H and O–H groups in total. The van der Waals surface area contributed by atoms with Gasteiger partial charge in [-0.3, -0.25) is 0 Å². The highest BCUT2D eigenvalue weighted by molar-refractivity contribution is 5.89. The molecule has 17 heavy (non-hydrogen) atoms. The maximum atomic E-state index is 11.0. The summed E-state index contributed by atoms with van der Waals surface area (Å²) in [7, 11) is 0. The topological polar surface area (TPSA) is 40.5 Å². The second-order valence-corrected chi connectivity index (χ2v) is 5.14. The molecule has 0 saturated heterocycles. The van der Waals surface area contributed by atoms with Crippen LogP contribution in [0.3, 0.4) is 0 Å². The Hall–Kier alpha value is -1.51. The van der Waals surface area contributed by atoms with E-state index in [1.54, 1.807) is 6.07 Å². The van der Waals surface area contributed by atoms with Gasteiger partial charge in [0.05, 0.1) is 5.56 Å². The van der Waals surface area contributed by atoms with Crippen LogP contribution in [0, 0.1) is 5.92 Å². The number of hydrogen-bond acceptors (Lipinski definition) is 2. The van der Waals surface area contributed by atoms with Crippen molar-refractivity contribution in [3.63, 3.8) is 0 Å². The van der Waals surface area contributed by atoms with E-state index in [0.29, 0.717) is 5.56 Å². The monoisotopic (exact) mass is 231 g/mol. The lowest BCUT2D eigenvalue weighted by atomic mass is 9.85. The van der Waals surface area contributed by atoms with Crippen LogP contribution in [0.1, 0.15) is 35.2 Å². The predicted octanol–water partition coefficient (Wildman–Crippen LogP) is 2.55. The number of carboxylic acids is 1. The van der Waals surface area contributed by atoms with Gasteiger partial charge in [-0.05, 0) is 42.9 Å². The molecule has 1 aromatic carbocycles. The number of fused-ring (bicyclic) bond motifs is 1. The van der Waals surface area contributed by atoms with E-state index in [4.69, 9.17) is 5.11 Å². The van der Waals surface area contributed by atoms with E-state index in [9.17, 15) is 4.79 Å². The van der Waals surface area contributed by atoms with Gasteiger partial charge in [0.25, 0.3) is 0 Å². The quantitative estimate of drug-likeness (QED) is 0.869. The molecule has 1 fully saturated rings. The average Bonchev–Trinajstić information content (AvgIpc) is 2.65. The molecule has 0 amide bonds. The van der Waals surface area contributed by atoms with Gasteiger partial charge in [0.1, 0.15) is 0 Å². The summed E-state index contributed by atoms with van der Waals surface area (Å²) < 4.78 is 0. The number of carboxylic acid groups (broad SMARTS) is 1. The van der Waals surface area contributed by atoms with Crippen LogP contribution in [0.2, 0.25) is 0 Å². The van der Waals surface area contributed by atoms with Crippen LogP contribution < -0.4 is 4.90 Å². The normalized spacial score (nSPS) is 18.9. The molecule has 90 valence electrons. The minimum atomic E-state index is -0.830. The molecular formula is C14H17NO2. The van der Waals surface area contributed by atoms with E-state index in [1.165, 1.54) is 24.8 Å². The molecule has 0 atom stereocenters. The van der Waals surface area contributed by atoms with Crippen molar-refractivity contribution in [3.8, 4) is 0 Å². The van der Waals surface area contributed by atoms with Crippen LogP contribution in [0.25, 0.3) is 0 Å². The number of hydrogen-bond donors (Lipinski definition) is 1. The van der Waals surface area contributed by atoms with Crippen LogP contribution in [0.15, 0.2) is 18.2 Å². The van der Waals surface area contributed by atoms with Crippen LogP contribution in [0.5, 0.6) is 0 Å². The van der Waals surface area contributed by atoms with Crippen molar-refractivity contribution in [1.82, 2.24) is 0 Å². The molecule has 3 nitrogen and oxygen atoms in total. The number of benzene rings is 1. The maximum absolute atomic E-state index is 11.0. The molecule has 0 unspecified atom stereocenters. The highest BCUT2D eigenvalue weighted by Gasteiger charge is 2.25. The Labute approximate surface area is 101 Å². The van der Waals surface area contributed by atoms with E-state index in [0.717, 1.165) is 31.1 Å². The Morgan fingerprint density at radius 1 is 1.41 bits per heavy atom. The molecule has 1 aliphatic carbocycles. The third-order valence-corrected chi connectivity index (χ3v) is 4.03. The molecule has 1 heterocycles. The average molecular weight is 231 g/mol. The van der Waals surface area contributed by atoms with Crippen molar-refractivity contribution < 1.29 is 9.90 Å². The Bertz CT molecular complexity index is 452. The summed E-state index contributed by atoms with van der Waals surface area (Å²) in [6, 6.07) is 5.52. The summed E-state index contributed by atoms with van der Waals surface area (Å²) in [5.74, 6) is -0.00210. The van der Waals surface area contributed by atoms with Gasteiger partial charge >= 0.3 is 5.97 Å². The van der Waals surface area contributed by atoms with Gasteiger partial charge in [-0.25, -0.2) is 4.79 Å². The number of rotatable bonds is 3. The van der Waals surface area contributed by atoms with Gasteiger partial charge in [-0.15, -0.1) is 0 Å². The number of anilines is 1. The lowest BCUT2D eigenvalue weighted by Gasteiger charge is -2.31. The molecule has 0 radical (unpaired) electrons. The summed E-state index contributed by atoms with van der Waals surface area (Å²) in [5.41, 5.74) is 2.86. The van der Waals surface area contributed by atoms with Crippen molar-refractivity contribution in [2.75, 3.05) is 18.0 Å². The minimum absolute atomic E-state index is 0.407. The number of carbonyl (C=O) groups is 1. The third-order valence-electron chi connectivity index (χ3n) is 4.03. The fraction of sp³-hybridized carbons (Fsp3) is 0.500. The fourth-order valence-electron chi connectivity index (χ4n) is 2.76. The Kier molecular flexibility index (Phi) is 2.54. The van der Waals surface area contributed by atoms with Crippen molar-refractivity contribution >= 4 is 11.7 Å². The lowest BCUT2D eigenvalue weighted by molar-refractivity contribution is 0.0697. The van der Waals surface area contributed by atoms with Crippen molar-refractivity contribution in [1.29, 1.82) is 0 Å². The molecular weight excluding hydrogens is 214 g/mol. The van der Waals surface area contributed by atoms with Crippen LogP contribution in [-0.4, -0.2) is 24.2 Å². The minimum Gasteiger partial charge on any atom is -0.478 e. The van der Waals surface area contributed by atoms with E-state index < -0.39 is 5.97 Å². The van der Waals surface area contributed by atoms with Gasteiger partial charge in [-0.1, -0.05) is 12.5 Å². The largest absolute Gasteiger partial charge is 0.478 e. The van der Waals surface area contributed by atoms with E-state index >= 15 is 0 Å². The highest BCUT2D eigenvalue weighted by Crippen LogP contribution is 2.34. The highest BCUT2D eigenvalue weighted by atomic mass is 16.4. The van der Waals surface area contributed by atoms with Crippen LogP contribution in [-0.2, 0) is 6.42 Å². The second-order valence-electron chi connectivity index (χ2n) is 5.14. The third kappa shape index (κ3) is 1.90. The van der Waals surface area contributed by atoms with Crippen molar-refractivity contribution in [2.24, 2.45) is 5.92 Å². The van der Waals surface area contributed by atoms with E-state index in [2.05, 4.69) is 4.90 Å². The predicted molar refractivity (Wildman–Crippen MR) is 66.7 cm³/mol. The molecule has 2 aliphatic rings. The van der Waals surface area contributed by atoms with Gasteiger partial charge < -0.3 is 10.0 Å². The Morgan fingerprint density at radius 2 is 2.24 bits per heavy atom. The van der Waals surface area contributed by atoms with Gasteiger partial charge in [-0.2, -0.15) is 0 Å². The standard InChI is InChI=1S/C14H17NO2/c16-14(17)12-5-4-11-6-7-15(13(11)8-12)9-10-2-1-3-10/h4-5,8,10H,1-3,6-7,9H2,(H,16,17). The first-order valence-electron chi connectivity index (χ1n) is 6.35. The summed E-state index contributed by atoms with van der Waals surface area (Å²) >= 11 is 0. The first-order chi connectivity index (χ1) is 8.24. The summed E-state index contributed by atoms with van der Waals surface area (Å²) in [6.45, 7) is 2.16. The fourth-order valence-corrected chi connectivity index (χ4v) is 2.76. The van der Waals surface area contributed by atoms with Crippen LogP contribution >= 0.6 is 0 Å². The van der Waals surface area contributed by atoms with Crippen molar-refractivity contribution in [2.45, 2.75) is 25.7 Å². The van der Waals surface area contributed by atoms with Gasteiger partial charge in [0.15, 0.2) is 0 Å². The summed E-state index contributed by atoms with van der Waals surface area (Å²) in [5, 5.41) is 9.02. The molecule has 3 heteroatoms. The zero-order chi connectivity index (χ0) is 11.8. The number of nitrogens with zero attached hydrogens (tertiary/aromatic N) is 1. The zero-order valence-corrected chi connectivity index (χ0v) is 9.85. The molecule has 1 aromatic rings. The summed E-state index contributed by atoms with van der Waals surface area (Å²) in [6.07, 6.45) is 5.09. The Morgan fingerprint density at radius 3 is 2.88 bits per heavy atom. The zero-order valence-electron chi connectivity index (χ0n) is 9.85.